The molecule has 0 unspecified atom stereocenters. The second-order valence-electron chi connectivity index (χ2n) is 5.53. The van der Waals surface area contributed by atoms with Crippen LogP contribution in [0.4, 0.5) is 0 Å². The fraction of sp³-hybridized carbons (Fsp3) is 0.350. The van der Waals surface area contributed by atoms with E-state index in [9.17, 15) is 0 Å². The van der Waals surface area contributed by atoms with Crippen LogP contribution < -0.4 is 0 Å². The van der Waals surface area contributed by atoms with Crippen molar-refractivity contribution in [2.45, 2.75) is 39.4 Å². The number of methoxy groups -OCH3 is 1. The van der Waals surface area contributed by atoms with Gasteiger partial charge in [0.2, 0.25) is 0 Å². The van der Waals surface area contributed by atoms with Crippen LogP contribution in [0.15, 0.2) is 59.8 Å². The summed E-state index contributed by atoms with van der Waals surface area (Å²) < 4.78 is 5.15. The second-order valence-corrected chi connectivity index (χ2v) is 5.53. The summed E-state index contributed by atoms with van der Waals surface area (Å²) in [4.78, 5) is 5.57. The molecule has 0 bridgehead atoms. The van der Waals surface area contributed by atoms with E-state index in [0.29, 0.717) is 13.2 Å². The topological polar surface area (TPSA) is 30.8 Å². The van der Waals surface area contributed by atoms with Gasteiger partial charge in [-0.15, -0.1) is 0 Å². The maximum Gasteiger partial charge on any atom is 0.142 e. The van der Waals surface area contributed by atoms with Crippen LogP contribution in [0.3, 0.4) is 0 Å². The van der Waals surface area contributed by atoms with E-state index >= 15 is 0 Å². The van der Waals surface area contributed by atoms with E-state index in [1.54, 1.807) is 7.11 Å². The molecule has 0 aromatic heterocycles. The van der Waals surface area contributed by atoms with Crippen LogP contribution in [0.25, 0.3) is 0 Å². The SMILES string of the molecule is CCCCC(=NOCc1ccccc1)c1ccc(COC)cc1. The molecule has 2 rings (SSSR count). The van der Waals surface area contributed by atoms with Crippen LogP contribution in [0.2, 0.25) is 0 Å². The smallest absolute Gasteiger partial charge is 0.142 e. The van der Waals surface area contributed by atoms with Crippen molar-refractivity contribution < 1.29 is 9.57 Å². The van der Waals surface area contributed by atoms with Crippen molar-refractivity contribution >= 4 is 5.71 Å². The summed E-state index contributed by atoms with van der Waals surface area (Å²) in [6.07, 6.45) is 3.17. The first-order valence-corrected chi connectivity index (χ1v) is 8.14. The monoisotopic (exact) mass is 311 g/mol. The number of ether oxygens (including phenoxy) is 1. The fourth-order valence-corrected chi connectivity index (χ4v) is 2.31. The first-order valence-electron chi connectivity index (χ1n) is 8.14. The van der Waals surface area contributed by atoms with Crippen LogP contribution in [0.5, 0.6) is 0 Å². The lowest BCUT2D eigenvalue weighted by Gasteiger charge is -2.08. The molecule has 0 aliphatic rings. The molecule has 23 heavy (non-hydrogen) atoms. The molecule has 0 aliphatic heterocycles. The molecule has 0 saturated heterocycles. The molecule has 0 heterocycles. The number of hydrogen-bond acceptors (Lipinski definition) is 3. The van der Waals surface area contributed by atoms with Gasteiger partial charge in [-0.05, 0) is 29.5 Å². The standard InChI is InChI=1S/C20H25NO2/c1-3-4-10-20(19-13-11-18(12-14-19)15-22-2)21-23-16-17-8-6-5-7-9-17/h5-9,11-14H,3-4,10,15-16H2,1-2H3. The molecule has 2 aromatic carbocycles. The van der Waals surface area contributed by atoms with E-state index in [2.05, 4.69) is 36.3 Å². The first kappa shape index (κ1) is 17.2. The highest BCUT2D eigenvalue weighted by Gasteiger charge is 2.05. The van der Waals surface area contributed by atoms with Crippen molar-refractivity contribution in [1.29, 1.82) is 0 Å². The summed E-state index contributed by atoms with van der Waals surface area (Å²) in [6.45, 7) is 3.31. The van der Waals surface area contributed by atoms with Crippen LogP contribution in [-0.2, 0) is 22.8 Å². The van der Waals surface area contributed by atoms with Crippen molar-refractivity contribution in [2.75, 3.05) is 7.11 Å². The quantitative estimate of drug-likeness (QED) is 0.485. The number of oxime groups is 1. The van der Waals surface area contributed by atoms with E-state index in [-0.39, 0.29) is 0 Å². The Kier molecular flexibility index (Phi) is 7.34. The third kappa shape index (κ3) is 5.87. The summed E-state index contributed by atoms with van der Waals surface area (Å²) >= 11 is 0. The summed E-state index contributed by atoms with van der Waals surface area (Å²) in [5.41, 5.74) is 4.41. The average molecular weight is 311 g/mol. The number of nitrogens with zero attached hydrogens (tertiary/aromatic N) is 1. The molecule has 0 N–H and O–H groups in total. The molecule has 0 saturated carbocycles. The molecular formula is C20H25NO2. The molecule has 122 valence electrons. The predicted molar refractivity (Wildman–Crippen MR) is 94.4 cm³/mol. The van der Waals surface area contributed by atoms with Gasteiger partial charge in [-0.25, -0.2) is 0 Å². The van der Waals surface area contributed by atoms with Gasteiger partial charge in [0.05, 0.1) is 12.3 Å². The maximum atomic E-state index is 5.57. The first-order chi connectivity index (χ1) is 11.3. The number of hydrogen-bond donors (Lipinski definition) is 0. The highest BCUT2D eigenvalue weighted by molar-refractivity contribution is 6.00. The maximum absolute atomic E-state index is 5.57. The largest absolute Gasteiger partial charge is 0.391 e. The Morgan fingerprint density at radius 1 is 0.913 bits per heavy atom. The van der Waals surface area contributed by atoms with Gasteiger partial charge < -0.3 is 9.57 Å². The Hall–Kier alpha value is -2.13. The van der Waals surface area contributed by atoms with Gasteiger partial charge >= 0.3 is 0 Å². The predicted octanol–water partition coefficient (Wildman–Crippen LogP) is 4.94. The number of unbranched alkanes of at least 4 members (excludes halogenated alkanes) is 1. The van der Waals surface area contributed by atoms with Gasteiger partial charge in [-0.2, -0.15) is 0 Å². The summed E-state index contributed by atoms with van der Waals surface area (Å²) in [7, 11) is 1.71. The Morgan fingerprint density at radius 2 is 1.61 bits per heavy atom. The van der Waals surface area contributed by atoms with Gasteiger partial charge in [0, 0.05) is 7.11 Å². The zero-order chi connectivity index (χ0) is 16.3. The molecular weight excluding hydrogens is 286 g/mol. The molecule has 2 aromatic rings. The molecule has 0 atom stereocenters. The van der Waals surface area contributed by atoms with Gasteiger partial charge in [-0.3, -0.25) is 0 Å². The van der Waals surface area contributed by atoms with Gasteiger partial charge in [0.15, 0.2) is 0 Å². The molecule has 0 aliphatic carbocycles. The zero-order valence-corrected chi connectivity index (χ0v) is 14.0. The van der Waals surface area contributed by atoms with E-state index in [0.717, 1.165) is 41.7 Å². The number of rotatable bonds is 9. The third-order valence-corrected chi connectivity index (χ3v) is 3.61. The normalized spacial score (nSPS) is 11.5. The highest BCUT2D eigenvalue weighted by atomic mass is 16.6. The van der Waals surface area contributed by atoms with E-state index < -0.39 is 0 Å². The average Bonchev–Trinajstić information content (AvgIpc) is 2.60. The minimum absolute atomic E-state index is 0.498. The van der Waals surface area contributed by atoms with Crippen molar-refractivity contribution in [3.05, 3.63) is 71.3 Å². The summed E-state index contributed by atoms with van der Waals surface area (Å²) in [5.74, 6) is 0. The van der Waals surface area contributed by atoms with Crippen LogP contribution >= 0.6 is 0 Å². The van der Waals surface area contributed by atoms with Crippen molar-refractivity contribution in [1.82, 2.24) is 0 Å². The molecule has 0 spiro atoms. The van der Waals surface area contributed by atoms with Crippen molar-refractivity contribution in [3.8, 4) is 0 Å². The third-order valence-electron chi connectivity index (χ3n) is 3.61. The molecule has 0 amide bonds. The number of benzene rings is 2. The molecule has 0 fully saturated rings. The zero-order valence-electron chi connectivity index (χ0n) is 14.0. The summed E-state index contributed by atoms with van der Waals surface area (Å²) in [6, 6.07) is 18.4. The minimum atomic E-state index is 0.498. The molecule has 3 heteroatoms. The minimum Gasteiger partial charge on any atom is -0.391 e. The Labute approximate surface area is 138 Å². The second kappa shape index (κ2) is 9.80. The van der Waals surface area contributed by atoms with E-state index in [4.69, 9.17) is 9.57 Å². The Balaban J connectivity index is 2.04. The van der Waals surface area contributed by atoms with Gasteiger partial charge in [0.25, 0.3) is 0 Å². The van der Waals surface area contributed by atoms with Crippen molar-refractivity contribution in [3.63, 3.8) is 0 Å². The Bertz CT molecular complexity index is 591. The van der Waals surface area contributed by atoms with Crippen molar-refractivity contribution in [2.24, 2.45) is 5.16 Å². The highest BCUT2D eigenvalue weighted by Crippen LogP contribution is 2.12. The van der Waals surface area contributed by atoms with E-state index in [1.807, 2.05) is 30.3 Å². The van der Waals surface area contributed by atoms with Crippen LogP contribution in [0, 0.1) is 0 Å². The van der Waals surface area contributed by atoms with Crippen LogP contribution in [0.1, 0.15) is 42.9 Å². The summed E-state index contributed by atoms with van der Waals surface area (Å²) in [5, 5.41) is 4.39. The lowest BCUT2D eigenvalue weighted by Crippen LogP contribution is -2.03. The molecule has 3 nitrogen and oxygen atoms in total. The van der Waals surface area contributed by atoms with E-state index in [1.165, 1.54) is 0 Å². The lowest BCUT2D eigenvalue weighted by atomic mass is 10.0. The lowest BCUT2D eigenvalue weighted by molar-refractivity contribution is 0.130. The van der Waals surface area contributed by atoms with Crippen LogP contribution in [-0.4, -0.2) is 12.8 Å². The van der Waals surface area contributed by atoms with Gasteiger partial charge in [-0.1, -0.05) is 73.1 Å². The Morgan fingerprint density at radius 3 is 2.26 bits per heavy atom. The van der Waals surface area contributed by atoms with Gasteiger partial charge in [0.1, 0.15) is 6.61 Å². The molecule has 0 radical (unpaired) electrons. The fourth-order valence-electron chi connectivity index (χ4n) is 2.31.